The lowest BCUT2D eigenvalue weighted by Gasteiger charge is -2.38. The average molecular weight is 455 g/mol. The van der Waals surface area contributed by atoms with E-state index in [1.807, 2.05) is 80.6 Å². The van der Waals surface area contributed by atoms with Gasteiger partial charge in [-0.05, 0) is 12.1 Å². The van der Waals surface area contributed by atoms with E-state index >= 15 is 0 Å². The predicted octanol–water partition coefficient (Wildman–Crippen LogP) is 6.28. The summed E-state index contributed by atoms with van der Waals surface area (Å²) >= 11 is 1.25. The number of nitrogens with zero attached hydrogens (tertiary/aromatic N) is 1. The molecule has 2 heterocycles. The van der Waals surface area contributed by atoms with Crippen LogP contribution >= 0.6 is 11.3 Å². The van der Waals surface area contributed by atoms with Crippen LogP contribution in [-0.4, -0.2) is 16.7 Å². The summed E-state index contributed by atoms with van der Waals surface area (Å²) in [5.74, 6) is 0.967. The third kappa shape index (κ3) is 3.83. The number of rotatable bonds is 5. The smallest absolute Gasteiger partial charge is 0.232 e. The van der Waals surface area contributed by atoms with Crippen molar-refractivity contribution in [2.75, 3.05) is 5.32 Å². The predicted molar refractivity (Wildman–Crippen MR) is 129 cm³/mol. The number of fused-ring (bicyclic) bond motifs is 2. The lowest BCUT2D eigenvalue weighted by molar-refractivity contribution is -0.124. The highest BCUT2D eigenvalue weighted by atomic mass is 32.1. The van der Waals surface area contributed by atoms with Crippen molar-refractivity contribution >= 4 is 28.2 Å². The minimum Gasteiger partial charge on any atom is -0.457 e. The SMILES string of the molecule is CC(C)(C(=O)Nc1nc(C(=O)c2ccccc2)cs1)C1c2ccccc2Oc2ccccc21. The zero-order valence-corrected chi connectivity index (χ0v) is 19.1. The first-order valence-electron chi connectivity index (χ1n) is 10.7. The van der Waals surface area contributed by atoms with E-state index in [4.69, 9.17) is 4.74 Å². The van der Waals surface area contributed by atoms with Crippen LogP contribution in [0, 0.1) is 5.41 Å². The molecule has 4 aromatic rings. The molecule has 0 unspecified atom stereocenters. The van der Waals surface area contributed by atoms with Crippen LogP contribution in [0.4, 0.5) is 5.13 Å². The Labute approximate surface area is 196 Å². The van der Waals surface area contributed by atoms with Gasteiger partial charge < -0.3 is 10.1 Å². The van der Waals surface area contributed by atoms with Crippen molar-refractivity contribution in [1.29, 1.82) is 0 Å². The fourth-order valence-electron chi connectivity index (χ4n) is 4.25. The highest BCUT2D eigenvalue weighted by Gasteiger charge is 2.43. The molecule has 0 bridgehead atoms. The Morgan fingerprint density at radius 1 is 0.879 bits per heavy atom. The van der Waals surface area contributed by atoms with E-state index in [-0.39, 0.29) is 17.6 Å². The number of para-hydroxylation sites is 2. The highest BCUT2D eigenvalue weighted by Crippen LogP contribution is 2.52. The van der Waals surface area contributed by atoms with Crippen molar-refractivity contribution < 1.29 is 14.3 Å². The molecule has 5 rings (SSSR count). The summed E-state index contributed by atoms with van der Waals surface area (Å²) in [6.45, 7) is 3.85. The number of amides is 1. The Hall–Kier alpha value is -3.77. The van der Waals surface area contributed by atoms with Gasteiger partial charge in [-0.2, -0.15) is 0 Å². The Bertz CT molecular complexity index is 1300. The number of carbonyl (C=O) groups excluding carboxylic acids is 2. The van der Waals surface area contributed by atoms with Gasteiger partial charge in [-0.1, -0.05) is 80.6 Å². The lowest BCUT2D eigenvalue weighted by atomic mass is 9.69. The Morgan fingerprint density at radius 2 is 1.45 bits per heavy atom. The van der Waals surface area contributed by atoms with Crippen LogP contribution in [0.2, 0.25) is 0 Å². The maximum Gasteiger partial charge on any atom is 0.232 e. The van der Waals surface area contributed by atoms with Crippen LogP contribution in [0.3, 0.4) is 0 Å². The number of hydrogen-bond acceptors (Lipinski definition) is 5. The van der Waals surface area contributed by atoms with Gasteiger partial charge in [-0.25, -0.2) is 4.98 Å². The van der Waals surface area contributed by atoms with Gasteiger partial charge in [0.1, 0.15) is 17.2 Å². The number of anilines is 1. The fraction of sp³-hybridized carbons (Fsp3) is 0.148. The summed E-state index contributed by atoms with van der Waals surface area (Å²) in [6.07, 6.45) is 0. The Morgan fingerprint density at radius 3 is 2.09 bits per heavy atom. The molecular formula is C27H22N2O3S. The number of ketones is 1. The van der Waals surface area contributed by atoms with Gasteiger partial charge >= 0.3 is 0 Å². The molecule has 0 radical (unpaired) electrons. The number of thiazole rings is 1. The summed E-state index contributed by atoms with van der Waals surface area (Å²) in [5, 5.41) is 5.02. The van der Waals surface area contributed by atoms with E-state index in [0.29, 0.717) is 16.4 Å². The number of nitrogens with one attached hydrogen (secondary N) is 1. The fourth-order valence-corrected chi connectivity index (χ4v) is 4.94. The molecule has 0 fully saturated rings. The maximum atomic E-state index is 13.5. The van der Waals surface area contributed by atoms with Gasteiger partial charge in [-0.15, -0.1) is 11.3 Å². The standard InChI is InChI=1S/C27H22N2O3S/c1-27(2,23-18-12-6-8-14-21(18)32-22-15-9-7-13-19(22)23)25(31)29-26-28-20(16-33-26)24(30)17-10-4-3-5-11-17/h3-16,23H,1-2H3,(H,28,29,31). The third-order valence-corrected chi connectivity index (χ3v) is 6.74. The zero-order valence-electron chi connectivity index (χ0n) is 18.2. The van der Waals surface area contributed by atoms with Gasteiger partial charge in [-0.3, -0.25) is 9.59 Å². The minimum atomic E-state index is -0.814. The average Bonchev–Trinajstić information content (AvgIpc) is 3.30. The summed E-state index contributed by atoms with van der Waals surface area (Å²) in [6, 6.07) is 24.6. The van der Waals surface area contributed by atoms with Gasteiger partial charge in [0, 0.05) is 28.0 Å². The molecule has 0 atom stereocenters. The molecular weight excluding hydrogens is 432 g/mol. The monoisotopic (exact) mass is 454 g/mol. The van der Waals surface area contributed by atoms with Gasteiger partial charge in [0.05, 0.1) is 5.41 Å². The molecule has 0 saturated carbocycles. The van der Waals surface area contributed by atoms with Crippen LogP contribution in [0.25, 0.3) is 0 Å². The second-order valence-corrected chi connectivity index (χ2v) is 9.38. The minimum absolute atomic E-state index is 0.168. The summed E-state index contributed by atoms with van der Waals surface area (Å²) in [4.78, 5) is 30.6. The molecule has 1 aromatic heterocycles. The molecule has 1 aliphatic heterocycles. The topological polar surface area (TPSA) is 68.3 Å². The van der Waals surface area contributed by atoms with Crippen molar-refractivity contribution in [2.24, 2.45) is 5.41 Å². The van der Waals surface area contributed by atoms with Crippen molar-refractivity contribution in [2.45, 2.75) is 19.8 Å². The van der Waals surface area contributed by atoms with Crippen LogP contribution in [-0.2, 0) is 4.79 Å². The van der Waals surface area contributed by atoms with E-state index in [0.717, 1.165) is 22.6 Å². The number of carbonyl (C=O) groups is 2. The molecule has 33 heavy (non-hydrogen) atoms. The van der Waals surface area contributed by atoms with Crippen molar-refractivity contribution in [1.82, 2.24) is 4.98 Å². The third-order valence-electron chi connectivity index (χ3n) is 5.98. The first kappa shape index (κ1) is 21.1. The molecule has 5 nitrogen and oxygen atoms in total. The van der Waals surface area contributed by atoms with Crippen LogP contribution in [0.1, 0.15) is 46.9 Å². The number of ether oxygens (including phenoxy) is 1. The van der Waals surface area contributed by atoms with Crippen molar-refractivity contribution in [3.8, 4) is 11.5 Å². The molecule has 1 N–H and O–H groups in total. The second kappa shape index (κ2) is 8.30. The molecule has 1 amide bonds. The molecule has 6 heteroatoms. The molecule has 0 aliphatic carbocycles. The van der Waals surface area contributed by atoms with Gasteiger partial charge in [0.25, 0.3) is 0 Å². The van der Waals surface area contributed by atoms with E-state index in [2.05, 4.69) is 10.3 Å². The first-order valence-corrected chi connectivity index (χ1v) is 11.6. The second-order valence-electron chi connectivity index (χ2n) is 8.52. The lowest BCUT2D eigenvalue weighted by Crippen LogP contribution is -2.38. The van der Waals surface area contributed by atoms with E-state index in [9.17, 15) is 9.59 Å². The highest BCUT2D eigenvalue weighted by molar-refractivity contribution is 7.14. The van der Waals surface area contributed by atoms with E-state index < -0.39 is 5.41 Å². The van der Waals surface area contributed by atoms with Crippen molar-refractivity contribution in [3.63, 3.8) is 0 Å². The van der Waals surface area contributed by atoms with E-state index in [1.54, 1.807) is 17.5 Å². The van der Waals surface area contributed by atoms with Crippen LogP contribution < -0.4 is 10.1 Å². The summed E-state index contributed by atoms with van der Waals surface area (Å²) < 4.78 is 6.09. The zero-order chi connectivity index (χ0) is 23.0. The Balaban J connectivity index is 1.43. The maximum absolute atomic E-state index is 13.5. The molecule has 164 valence electrons. The molecule has 0 saturated heterocycles. The molecule has 3 aromatic carbocycles. The molecule has 0 spiro atoms. The summed E-state index contributed by atoms with van der Waals surface area (Å²) in [5.41, 5.74) is 2.01. The number of aromatic nitrogens is 1. The van der Waals surface area contributed by atoms with Crippen LogP contribution in [0.15, 0.2) is 84.2 Å². The van der Waals surface area contributed by atoms with Crippen LogP contribution in [0.5, 0.6) is 11.5 Å². The number of hydrogen-bond donors (Lipinski definition) is 1. The van der Waals surface area contributed by atoms with Gasteiger partial charge in [0.2, 0.25) is 11.7 Å². The first-order chi connectivity index (χ1) is 15.9. The van der Waals surface area contributed by atoms with Gasteiger partial charge in [0.15, 0.2) is 5.13 Å². The number of benzene rings is 3. The molecule has 1 aliphatic rings. The largest absolute Gasteiger partial charge is 0.457 e. The Kier molecular flexibility index (Phi) is 5.30. The quantitative estimate of drug-likeness (QED) is 0.361. The van der Waals surface area contributed by atoms with Crippen molar-refractivity contribution in [3.05, 3.63) is 107 Å². The summed E-state index contributed by atoms with van der Waals surface area (Å²) in [7, 11) is 0. The normalized spacial score (nSPS) is 12.9. The van der Waals surface area contributed by atoms with E-state index in [1.165, 1.54) is 11.3 Å².